The van der Waals surface area contributed by atoms with Gasteiger partial charge >= 0.3 is 0 Å². The molecule has 0 spiro atoms. The fourth-order valence-corrected chi connectivity index (χ4v) is 5.92. The number of fused-ring (bicyclic) bond motifs is 2. The maximum atomic E-state index is 13.0. The fraction of sp³-hybridized carbons (Fsp3) is 0.345. The van der Waals surface area contributed by atoms with Crippen LogP contribution in [0, 0.1) is 0 Å². The number of rotatable bonds is 15. The second-order valence-corrected chi connectivity index (χ2v) is 11.6. The van der Waals surface area contributed by atoms with E-state index in [2.05, 4.69) is 15.0 Å². The lowest BCUT2D eigenvalue weighted by atomic mass is 10.1. The number of nitrogens with zero attached hydrogens (tertiary/aromatic N) is 2. The third-order valence-corrected chi connectivity index (χ3v) is 8.22. The number of nitrogens with one attached hydrogen (secondary N) is 2. The molecule has 4 N–H and O–H groups in total. The lowest BCUT2D eigenvalue weighted by molar-refractivity contribution is 0.0472. The lowest BCUT2D eigenvalue weighted by Crippen LogP contribution is -2.26. The zero-order valence-corrected chi connectivity index (χ0v) is 24.4. The number of anilines is 3. The molecule has 0 radical (unpaired) electrons. The summed E-state index contributed by atoms with van der Waals surface area (Å²) < 4.78 is 39.9. The SMILES string of the molecule is CN(C)c1cccc2c(S(=O)(=O)NCCCOCCOCCCNc3c(N)c(Cl)nc4ccccc34)cccc12. The van der Waals surface area contributed by atoms with Crippen LogP contribution < -0.4 is 20.7 Å². The molecule has 40 heavy (non-hydrogen) atoms. The number of halogens is 1. The first-order valence-electron chi connectivity index (χ1n) is 13.2. The largest absolute Gasteiger partial charge is 0.395 e. The number of ether oxygens (including phenoxy) is 2. The van der Waals surface area contributed by atoms with E-state index in [1.54, 1.807) is 12.1 Å². The standard InChI is InChI=1S/C29H36ClN5O4S/c1-35(2)25-13-5-11-22-21(25)10-6-14-26(22)40(36,37)33-16-8-18-39-20-19-38-17-7-15-32-28-23-9-3-4-12-24(23)34-29(30)27(28)31/h3-6,9-14,33H,7-8,15-20,31H2,1-2H3,(H,32,34). The van der Waals surface area contributed by atoms with Crippen LogP contribution in [-0.4, -0.2) is 67.0 Å². The highest BCUT2D eigenvalue weighted by Crippen LogP contribution is 2.33. The summed E-state index contributed by atoms with van der Waals surface area (Å²) in [5.41, 5.74) is 9.11. The number of aromatic nitrogens is 1. The Bertz CT molecular complexity index is 1550. The minimum absolute atomic E-state index is 0.278. The van der Waals surface area contributed by atoms with Crippen LogP contribution >= 0.6 is 11.6 Å². The molecule has 1 heterocycles. The number of para-hydroxylation sites is 1. The van der Waals surface area contributed by atoms with E-state index in [-0.39, 0.29) is 16.6 Å². The Morgan fingerprint density at radius 2 is 1.50 bits per heavy atom. The highest BCUT2D eigenvalue weighted by molar-refractivity contribution is 7.89. The molecule has 0 aliphatic rings. The first-order valence-corrected chi connectivity index (χ1v) is 15.1. The number of hydrogen-bond donors (Lipinski definition) is 3. The Kier molecular flexibility index (Phi) is 10.4. The molecule has 0 aliphatic carbocycles. The number of benzene rings is 3. The van der Waals surface area contributed by atoms with Crippen molar-refractivity contribution in [2.75, 3.05) is 69.6 Å². The van der Waals surface area contributed by atoms with Gasteiger partial charge < -0.3 is 25.4 Å². The van der Waals surface area contributed by atoms with Gasteiger partial charge in [-0.25, -0.2) is 18.1 Å². The number of pyridine rings is 1. The Morgan fingerprint density at radius 3 is 2.25 bits per heavy atom. The van der Waals surface area contributed by atoms with Crippen LogP contribution in [0.25, 0.3) is 21.7 Å². The van der Waals surface area contributed by atoms with E-state index in [9.17, 15) is 8.42 Å². The summed E-state index contributed by atoms with van der Waals surface area (Å²) in [7, 11) is 0.229. The van der Waals surface area contributed by atoms with E-state index >= 15 is 0 Å². The molecule has 3 aromatic carbocycles. The van der Waals surface area contributed by atoms with E-state index < -0.39 is 10.0 Å². The van der Waals surface area contributed by atoms with Gasteiger partial charge in [0.2, 0.25) is 10.0 Å². The van der Waals surface area contributed by atoms with Gasteiger partial charge in [0.15, 0.2) is 5.15 Å². The molecule has 0 bridgehead atoms. The third kappa shape index (κ3) is 7.32. The van der Waals surface area contributed by atoms with Gasteiger partial charge in [-0.15, -0.1) is 0 Å². The number of hydrogen-bond acceptors (Lipinski definition) is 8. The lowest BCUT2D eigenvalue weighted by Gasteiger charge is -2.17. The van der Waals surface area contributed by atoms with Crippen LogP contribution in [0.1, 0.15) is 12.8 Å². The van der Waals surface area contributed by atoms with Crippen molar-refractivity contribution >= 4 is 60.4 Å². The zero-order chi connectivity index (χ0) is 28.5. The van der Waals surface area contributed by atoms with Crippen LogP contribution in [0.3, 0.4) is 0 Å². The van der Waals surface area contributed by atoms with Crippen LogP contribution in [0.2, 0.25) is 5.15 Å². The summed E-state index contributed by atoms with van der Waals surface area (Å²) in [6.07, 6.45) is 1.33. The number of nitrogen functional groups attached to an aromatic ring is 1. The minimum atomic E-state index is -3.65. The van der Waals surface area contributed by atoms with E-state index in [1.807, 2.05) is 67.5 Å². The molecular formula is C29H36ClN5O4S. The van der Waals surface area contributed by atoms with Gasteiger partial charge in [0, 0.05) is 62.2 Å². The second kappa shape index (κ2) is 14.0. The van der Waals surface area contributed by atoms with Gasteiger partial charge in [-0.3, -0.25) is 0 Å². The Morgan fingerprint density at radius 1 is 0.850 bits per heavy atom. The van der Waals surface area contributed by atoms with Crippen molar-refractivity contribution in [2.24, 2.45) is 0 Å². The van der Waals surface area contributed by atoms with Crippen molar-refractivity contribution in [3.63, 3.8) is 0 Å². The summed E-state index contributed by atoms with van der Waals surface area (Å²) in [4.78, 5) is 6.56. The van der Waals surface area contributed by atoms with E-state index in [0.29, 0.717) is 50.5 Å². The summed E-state index contributed by atoms with van der Waals surface area (Å²) >= 11 is 6.17. The van der Waals surface area contributed by atoms with Crippen molar-refractivity contribution in [1.82, 2.24) is 9.71 Å². The molecule has 11 heteroatoms. The molecule has 0 saturated heterocycles. The fourth-order valence-electron chi connectivity index (χ4n) is 4.44. The topological polar surface area (TPSA) is 119 Å². The van der Waals surface area contributed by atoms with E-state index in [4.69, 9.17) is 26.8 Å². The summed E-state index contributed by atoms with van der Waals surface area (Å²) in [5, 5.41) is 6.16. The molecule has 0 fully saturated rings. The van der Waals surface area contributed by atoms with Gasteiger partial charge in [0.25, 0.3) is 0 Å². The van der Waals surface area contributed by atoms with Crippen molar-refractivity contribution in [2.45, 2.75) is 17.7 Å². The molecule has 0 aliphatic heterocycles. The van der Waals surface area contributed by atoms with Crippen molar-refractivity contribution < 1.29 is 17.9 Å². The highest BCUT2D eigenvalue weighted by Gasteiger charge is 2.18. The van der Waals surface area contributed by atoms with Crippen molar-refractivity contribution in [1.29, 1.82) is 0 Å². The Labute approximate surface area is 240 Å². The molecule has 0 saturated carbocycles. The zero-order valence-electron chi connectivity index (χ0n) is 22.8. The molecule has 214 valence electrons. The maximum Gasteiger partial charge on any atom is 0.241 e. The molecule has 4 rings (SSSR count). The van der Waals surface area contributed by atoms with E-state index in [0.717, 1.165) is 34.1 Å². The summed E-state index contributed by atoms with van der Waals surface area (Å²) in [5.74, 6) is 0. The predicted molar refractivity (Wildman–Crippen MR) is 164 cm³/mol. The average molecular weight is 586 g/mol. The quantitative estimate of drug-likeness (QED) is 0.133. The Hall–Kier alpha value is -3.15. The van der Waals surface area contributed by atoms with Crippen LogP contribution in [0.5, 0.6) is 0 Å². The predicted octanol–water partition coefficient (Wildman–Crippen LogP) is 4.89. The summed E-state index contributed by atoms with van der Waals surface area (Å²) in [6, 6.07) is 18.7. The van der Waals surface area contributed by atoms with Gasteiger partial charge in [0.05, 0.1) is 35.0 Å². The van der Waals surface area contributed by atoms with Crippen LogP contribution in [0.4, 0.5) is 17.1 Å². The van der Waals surface area contributed by atoms with Crippen molar-refractivity contribution in [3.8, 4) is 0 Å². The second-order valence-electron chi connectivity index (χ2n) is 9.49. The van der Waals surface area contributed by atoms with Gasteiger partial charge in [-0.05, 0) is 31.0 Å². The first-order chi connectivity index (χ1) is 19.3. The molecule has 4 aromatic rings. The molecule has 9 nitrogen and oxygen atoms in total. The minimum Gasteiger partial charge on any atom is -0.395 e. The van der Waals surface area contributed by atoms with Crippen LogP contribution in [0.15, 0.2) is 65.6 Å². The smallest absolute Gasteiger partial charge is 0.241 e. The number of nitrogens with two attached hydrogens (primary N) is 1. The normalized spacial score (nSPS) is 11.8. The van der Waals surface area contributed by atoms with E-state index in [1.165, 1.54) is 0 Å². The molecule has 0 unspecified atom stereocenters. The van der Waals surface area contributed by atoms with Gasteiger partial charge in [0.1, 0.15) is 0 Å². The summed E-state index contributed by atoms with van der Waals surface area (Å²) in [6.45, 7) is 2.85. The van der Waals surface area contributed by atoms with Gasteiger partial charge in [-0.2, -0.15) is 0 Å². The molecule has 0 amide bonds. The van der Waals surface area contributed by atoms with Crippen molar-refractivity contribution in [3.05, 3.63) is 65.8 Å². The first kappa shape index (κ1) is 29.8. The molecule has 0 atom stereocenters. The van der Waals surface area contributed by atoms with Gasteiger partial charge in [-0.1, -0.05) is 54.1 Å². The average Bonchev–Trinajstić information content (AvgIpc) is 2.94. The molecular weight excluding hydrogens is 550 g/mol. The maximum absolute atomic E-state index is 13.0. The highest BCUT2D eigenvalue weighted by atomic mass is 35.5. The molecule has 1 aromatic heterocycles. The number of sulfonamides is 1. The third-order valence-electron chi connectivity index (χ3n) is 6.41. The Balaban J connectivity index is 1.11. The monoisotopic (exact) mass is 585 g/mol. The van der Waals surface area contributed by atoms with Crippen LogP contribution in [-0.2, 0) is 19.5 Å².